The molecule has 0 radical (unpaired) electrons. The molecule has 1 heterocycles. The van der Waals surface area contributed by atoms with Crippen LogP contribution in [0.25, 0.3) is 0 Å². The lowest BCUT2D eigenvalue weighted by molar-refractivity contribution is 0.103. The van der Waals surface area contributed by atoms with Crippen LogP contribution in [0.3, 0.4) is 0 Å². The zero-order valence-electron chi connectivity index (χ0n) is 11.3. The number of carbonyl (C=O) groups is 1. The van der Waals surface area contributed by atoms with Crippen LogP contribution >= 0.6 is 0 Å². The van der Waals surface area contributed by atoms with E-state index >= 15 is 0 Å². The first-order valence-corrected chi connectivity index (χ1v) is 6.08. The summed E-state index contributed by atoms with van der Waals surface area (Å²) in [5.41, 5.74) is 6.72. The van der Waals surface area contributed by atoms with Gasteiger partial charge >= 0.3 is 0 Å². The molecule has 2 aromatic rings. The molecule has 19 heavy (non-hydrogen) atoms. The van der Waals surface area contributed by atoms with Crippen molar-refractivity contribution in [3.05, 3.63) is 41.6 Å². The Balaban J connectivity index is 2.41. The fourth-order valence-electron chi connectivity index (χ4n) is 1.78. The van der Waals surface area contributed by atoms with Gasteiger partial charge in [0.15, 0.2) is 0 Å². The highest BCUT2D eigenvalue weighted by atomic mass is 16.5. The lowest BCUT2D eigenvalue weighted by Gasteiger charge is -2.13. The standard InChI is InChI=1S/C14H17N3O2/c1-9(2)19-12-7-5-4-6-10(12)13(18)11-8-16-17(3)14(11)15/h4-9H,15H2,1-3H3. The molecule has 0 aliphatic heterocycles. The Bertz CT molecular complexity index is 602. The summed E-state index contributed by atoms with van der Waals surface area (Å²) < 4.78 is 7.12. The number of ketones is 1. The molecule has 0 amide bonds. The summed E-state index contributed by atoms with van der Waals surface area (Å²) in [4.78, 5) is 12.5. The lowest BCUT2D eigenvalue weighted by Crippen LogP contribution is -2.11. The Hall–Kier alpha value is -2.30. The number of nitrogen functional groups attached to an aromatic ring is 1. The minimum Gasteiger partial charge on any atom is -0.490 e. The molecule has 0 unspecified atom stereocenters. The largest absolute Gasteiger partial charge is 0.490 e. The predicted octanol–water partition coefficient (Wildman–Crippen LogP) is 2.02. The Labute approximate surface area is 112 Å². The molecule has 1 aromatic carbocycles. The zero-order valence-corrected chi connectivity index (χ0v) is 11.3. The van der Waals surface area contributed by atoms with Gasteiger partial charge in [-0.05, 0) is 26.0 Å². The third kappa shape index (κ3) is 2.59. The number of nitrogens with two attached hydrogens (primary N) is 1. The van der Waals surface area contributed by atoms with Crippen LogP contribution in [-0.4, -0.2) is 21.7 Å². The van der Waals surface area contributed by atoms with Crippen molar-refractivity contribution in [2.45, 2.75) is 20.0 Å². The summed E-state index contributed by atoms with van der Waals surface area (Å²) in [7, 11) is 1.70. The van der Waals surface area contributed by atoms with E-state index in [0.717, 1.165) is 0 Å². The first-order chi connectivity index (χ1) is 9.00. The fourth-order valence-corrected chi connectivity index (χ4v) is 1.78. The second-order valence-corrected chi connectivity index (χ2v) is 4.56. The number of ether oxygens (including phenoxy) is 1. The highest BCUT2D eigenvalue weighted by molar-refractivity contribution is 6.13. The molecule has 5 heteroatoms. The molecule has 2 rings (SSSR count). The molecule has 0 fully saturated rings. The molecule has 0 saturated carbocycles. The van der Waals surface area contributed by atoms with Gasteiger partial charge in [0.2, 0.25) is 5.78 Å². The van der Waals surface area contributed by atoms with Crippen molar-refractivity contribution in [2.75, 3.05) is 5.73 Å². The Morgan fingerprint density at radius 3 is 2.58 bits per heavy atom. The number of anilines is 1. The maximum Gasteiger partial charge on any atom is 0.202 e. The van der Waals surface area contributed by atoms with Gasteiger partial charge in [-0.2, -0.15) is 5.10 Å². The number of carbonyl (C=O) groups excluding carboxylic acids is 1. The number of hydrogen-bond donors (Lipinski definition) is 1. The second-order valence-electron chi connectivity index (χ2n) is 4.56. The summed E-state index contributed by atoms with van der Waals surface area (Å²) >= 11 is 0. The molecule has 0 spiro atoms. The smallest absolute Gasteiger partial charge is 0.202 e. The molecule has 1 aromatic heterocycles. The van der Waals surface area contributed by atoms with E-state index in [0.29, 0.717) is 22.7 Å². The highest BCUT2D eigenvalue weighted by Crippen LogP contribution is 2.24. The van der Waals surface area contributed by atoms with Crippen LogP contribution in [0.1, 0.15) is 29.8 Å². The van der Waals surface area contributed by atoms with Crippen LogP contribution < -0.4 is 10.5 Å². The summed E-state index contributed by atoms with van der Waals surface area (Å²) in [6.45, 7) is 3.83. The SMILES string of the molecule is CC(C)Oc1ccccc1C(=O)c1cnn(C)c1N. The molecule has 0 atom stereocenters. The maximum absolute atomic E-state index is 12.5. The van der Waals surface area contributed by atoms with E-state index in [1.54, 1.807) is 25.2 Å². The van der Waals surface area contributed by atoms with Crippen molar-refractivity contribution in [1.82, 2.24) is 9.78 Å². The fraction of sp³-hybridized carbons (Fsp3) is 0.286. The minimum atomic E-state index is -0.179. The van der Waals surface area contributed by atoms with Crippen molar-refractivity contribution in [2.24, 2.45) is 7.05 Å². The van der Waals surface area contributed by atoms with Crippen LogP contribution in [0.15, 0.2) is 30.5 Å². The van der Waals surface area contributed by atoms with E-state index in [2.05, 4.69) is 5.10 Å². The lowest BCUT2D eigenvalue weighted by atomic mass is 10.0. The van der Waals surface area contributed by atoms with Crippen LogP contribution in [0.4, 0.5) is 5.82 Å². The molecular formula is C14H17N3O2. The molecule has 5 nitrogen and oxygen atoms in total. The van der Waals surface area contributed by atoms with Crippen molar-refractivity contribution in [3.63, 3.8) is 0 Å². The van der Waals surface area contributed by atoms with Gasteiger partial charge in [0.05, 0.1) is 23.4 Å². The molecule has 100 valence electrons. The van der Waals surface area contributed by atoms with Gasteiger partial charge in [0, 0.05) is 7.05 Å². The topological polar surface area (TPSA) is 70.1 Å². The van der Waals surface area contributed by atoms with E-state index in [1.807, 2.05) is 19.9 Å². The van der Waals surface area contributed by atoms with Gasteiger partial charge in [0.25, 0.3) is 0 Å². The Morgan fingerprint density at radius 2 is 2.00 bits per heavy atom. The van der Waals surface area contributed by atoms with Crippen molar-refractivity contribution in [1.29, 1.82) is 0 Å². The second kappa shape index (κ2) is 5.14. The molecular weight excluding hydrogens is 242 g/mol. The van der Waals surface area contributed by atoms with Crippen LogP contribution in [0.5, 0.6) is 5.75 Å². The van der Waals surface area contributed by atoms with E-state index in [-0.39, 0.29) is 11.9 Å². The normalized spacial score (nSPS) is 10.7. The number of aryl methyl sites for hydroxylation is 1. The van der Waals surface area contributed by atoms with Crippen LogP contribution in [0, 0.1) is 0 Å². The first-order valence-electron chi connectivity index (χ1n) is 6.08. The summed E-state index contributed by atoms with van der Waals surface area (Å²) in [5, 5.41) is 3.98. The third-order valence-electron chi connectivity index (χ3n) is 2.72. The maximum atomic E-state index is 12.5. The number of para-hydroxylation sites is 1. The van der Waals surface area contributed by atoms with Gasteiger partial charge in [-0.3, -0.25) is 9.48 Å². The predicted molar refractivity (Wildman–Crippen MR) is 73.3 cm³/mol. The summed E-state index contributed by atoms with van der Waals surface area (Å²) in [5.74, 6) is 0.733. The molecule has 2 N–H and O–H groups in total. The van der Waals surface area contributed by atoms with Crippen LogP contribution in [-0.2, 0) is 7.05 Å². The molecule has 0 aliphatic carbocycles. The van der Waals surface area contributed by atoms with Gasteiger partial charge in [0.1, 0.15) is 11.6 Å². The van der Waals surface area contributed by atoms with E-state index in [4.69, 9.17) is 10.5 Å². The quantitative estimate of drug-likeness (QED) is 0.853. The van der Waals surface area contributed by atoms with Gasteiger partial charge < -0.3 is 10.5 Å². The van der Waals surface area contributed by atoms with E-state index in [1.165, 1.54) is 10.9 Å². The van der Waals surface area contributed by atoms with Crippen LogP contribution in [0.2, 0.25) is 0 Å². The number of benzene rings is 1. The van der Waals surface area contributed by atoms with E-state index < -0.39 is 0 Å². The summed E-state index contributed by atoms with van der Waals surface area (Å²) in [6.07, 6.45) is 1.48. The zero-order chi connectivity index (χ0) is 14.0. The number of nitrogens with zero attached hydrogens (tertiary/aromatic N) is 2. The van der Waals surface area contributed by atoms with Gasteiger partial charge in [-0.25, -0.2) is 0 Å². The van der Waals surface area contributed by atoms with Crippen molar-refractivity contribution in [3.8, 4) is 5.75 Å². The average molecular weight is 259 g/mol. The van der Waals surface area contributed by atoms with Crippen molar-refractivity contribution >= 4 is 11.6 Å². The number of hydrogen-bond acceptors (Lipinski definition) is 4. The molecule has 0 bridgehead atoms. The highest BCUT2D eigenvalue weighted by Gasteiger charge is 2.19. The Kier molecular flexibility index (Phi) is 3.55. The van der Waals surface area contributed by atoms with E-state index in [9.17, 15) is 4.79 Å². The molecule has 0 saturated heterocycles. The number of aromatic nitrogens is 2. The van der Waals surface area contributed by atoms with Gasteiger partial charge in [-0.15, -0.1) is 0 Å². The van der Waals surface area contributed by atoms with Gasteiger partial charge in [-0.1, -0.05) is 12.1 Å². The Morgan fingerprint density at radius 1 is 1.32 bits per heavy atom. The minimum absolute atomic E-state index is 0.000181. The monoisotopic (exact) mass is 259 g/mol. The molecule has 0 aliphatic rings. The van der Waals surface area contributed by atoms with Crippen molar-refractivity contribution < 1.29 is 9.53 Å². The third-order valence-corrected chi connectivity index (χ3v) is 2.72. The summed E-state index contributed by atoms with van der Waals surface area (Å²) in [6, 6.07) is 7.14. The average Bonchev–Trinajstić information content (AvgIpc) is 2.69. The number of rotatable bonds is 4. The first kappa shape index (κ1) is 13.1.